The van der Waals surface area contributed by atoms with Crippen LogP contribution in [-0.4, -0.2) is 11.1 Å². The van der Waals surface area contributed by atoms with Gasteiger partial charge in [0, 0.05) is 4.47 Å². The van der Waals surface area contributed by atoms with E-state index >= 15 is 0 Å². The second-order valence-corrected chi connectivity index (χ2v) is 4.50. The van der Waals surface area contributed by atoms with Crippen LogP contribution in [0.4, 0.5) is 0 Å². The molecule has 16 heavy (non-hydrogen) atoms. The Balaban J connectivity index is 2.92. The van der Waals surface area contributed by atoms with Gasteiger partial charge in [-0.2, -0.15) is 0 Å². The minimum Gasteiger partial charge on any atom is -0.481 e. The summed E-state index contributed by atoms with van der Waals surface area (Å²) in [5, 5.41) is 8.68. The van der Waals surface area contributed by atoms with E-state index < -0.39 is 5.97 Å². The van der Waals surface area contributed by atoms with Crippen LogP contribution in [0.25, 0.3) is 5.57 Å². The fourth-order valence-corrected chi connectivity index (χ4v) is 1.93. The third-order valence-corrected chi connectivity index (χ3v) is 2.73. The molecule has 0 saturated heterocycles. The van der Waals surface area contributed by atoms with Crippen LogP contribution < -0.4 is 0 Å². The molecule has 0 spiro atoms. The average molecular weight is 283 g/mol. The molecule has 0 bridgehead atoms. The predicted molar refractivity (Wildman–Crippen MR) is 69.3 cm³/mol. The van der Waals surface area contributed by atoms with E-state index in [1.165, 1.54) is 0 Å². The first kappa shape index (κ1) is 13.0. The summed E-state index contributed by atoms with van der Waals surface area (Å²) in [5.41, 5.74) is 2.20. The van der Waals surface area contributed by atoms with E-state index in [1.54, 1.807) is 6.08 Å². The molecule has 0 atom stereocenters. The Morgan fingerprint density at radius 2 is 2.25 bits per heavy atom. The van der Waals surface area contributed by atoms with E-state index in [2.05, 4.69) is 22.9 Å². The number of rotatable bonds is 5. The van der Waals surface area contributed by atoms with Gasteiger partial charge in [-0.15, -0.1) is 0 Å². The summed E-state index contributed by atoms with van der Waals surface area (Å²) in [4.78, 5) is 10.6. The first-order chi connectivity index (χ1) is 7.63. The third kappa shape index (κ3) is 4.19. The van der Waals surface area contributed by atoms with Gasteiger partial charge in [-0.25, -0.2) is 0 Å². The van der Waals surface area contributed by atoms with E-state index in [9.17, 15) is 4.79 Å². The van der Waals surface area contributed by atoms with E-state index in [0.717, 1.165) is 28.5 Å². The minimum absolute atomic E-state index is 0.0852. The molecule has 2 nitrogen and oxygen atoms in total. The van der Waals surface area contributed by atoms with Gasteiger partial charge in [0.2, 0.25) is 0 Å². The predicted octanol–water partition coefficient (Wildman–Crippen LogP) is 4.11. The smallest absolute Gasteiger partial charge is 0.307 e. The molecule has 0 saturated carbocycles. The molecule has 0 heterocycles. The molecule has 3 heteroatoms. The number of hydrogen-bond acceptors (Lipinski definition) is 1. The highest BCUT2D eigenvalue weighted by atomic mass is 79.9. The molecule has 1 aromatic carbocycles. The van der Waals surface area contributed by atoms with Gasteiger partial charge in [0.25, 0.3) is 0 Å². The number of carboxylic acid groups (broad SMARTS) is 1. The number of aliphatic carboxylic acids is 1. The first-order valence-electron chi connectivity index (χ1n) is 5.30. The largest absolute Gasteiger partial charge is 0.481 e. The molecule has 0 unspecified atom stereocenters. The van der Waals surface area contributed by atoms with E-state index in [1.807, 2.05) is 24.3 Å². The Labute approximate surface area is 104 Å². The summed E-state index contributed by atoms with van der Waals surface area (Å²) in [5.74, 6) is -0.788. The van der Waals surface area contributed by atoms with Crippen LogP contribution in [-0.2, 0) is 4.79 Å². The zero-order valence-corrected chi connectivity index (χ0v) is 10.8. The van der Waals surface area contributed by atoms with Gasteiger partial charge in [0.1, 0.15) is 0 Å². The molecule has 0 fully saturated rings. The van der Waals surface area contributed by atoms with Gasteiger partial charge < -0.3 is 5.11 Å². The highest BCUT2D eigenvalue weighted by Crippen LogP contribution is 2.23. The summed E-state index contributed by atoms with van der Waals surface area (Å²) in [6.45, 7) is 2.09. The maximum atomic E-state index is 10.6. The van der Waals surface area contributed by atoms with Crippen LogP contribution in [0.2, 0.25) is 0 Å². The zero-order valence-electron chi connectivity index (χ0n) is 9.24. The van der Waals surface area contributed by atoms with Crippen molar-refractivity contribution < 1.29 is 9.90 Å². The van der Waals surface area contributed by atoms with Gasteiger partial charge in [0.15, 0.2) is 0 Å². The maximum absolute atomic E-state index is 10.6. The Morgan fingerprint density at radius 3 is 2.81 bits per heavy atom. The molecule has 0 amide bonds. The molecular weight excluding hydrogens is 268 g/mol. The van der Waals surface area contributed by atoms with Gasteiger partial charge in [-0.3, -0.25) is 4.79 Å². The monoisotopic (exact) mass is 282 g/mol. The van der Waals surface area contributed by atoms with Crippen molar-refractivity contribution >= 4 is 27.5 Å². The molecule has 1 aromatic rings. The lowest BCUT2D eigenvalue weighted by Crippen LogP contribution is -1.93. The van der Waals surface area contributed by atoms with Crippen LogP contribution in [0, 0.1) is 0 Å². The van der Waals surface area contributed by atoms with Crippen LogP contribution in [0.5, 0.6) is 0 Å². The molecule has 86 valence electrons. The van der Waals surface area contributed by atoms with Crippen LogP contribution in [0.15, 0.2) is 34.8 Å². The SMILES string of the molecule is CCC/C(=C\CC(=O)O)c1cccc(Br)c1. The van der Waals surface area contributed by atoms with Crippen molar-refractivity contribution in [3.05, 3.63) is 40.4 Å². The molecular formula is C13H15BrO2. The van der Waals surface area contributed by atoms with Crippen molar-refractivity contribution in [1.29, 1.82) is 0 Å². The highest BCUT2D eigenvalue weighted by molar-refractivity contribution is 9.10. The van der Waals surface area contributed by atoms with E-state index in [-0.39, 0.29) is 6.42 Å². The fourth-order valence-electron chi connectivity index (χ4n) is 1.53. The third-order valence-electron chi connectivity index (χ3n) is 2.24. The number of carbonyl (C=O) groups is 1. The van der Waals surface area contributed by atoms with Gasteiger partial charge in [-0.1, -0.05) is 47.5 Å². The van der Waals surface area contributed by atoms with Crippen LogP contribution >= 0.6 is 15.9 Å². The highest BCUT2D eigenvalue weighted by Gasteiger charge is 2.02. The van der Waals surface area contributed by atoms with Crippen molar-refractivity contribution in [3.63, 3.8) is 0 Å². The van der Waals surface area contributed by atoms with Crippen molar-refractivity contribution in [3.8, 4) is 0 Å². The second-order valence-electron chi connectivity index (χ2n) is 3.59. The topological polar surface area (TPSA) is 37.3 Å². The lowest BCUT2D eigenvalue weighted by Gasteiger charge is -2.06. The molecule has 0 aromatic heterocycles. The average Bonchev–Trinajstić information content (AvgIpc) is 2.24. The standard InChI is InChI=1S/C13H15BrO2/c1-2-4-10(7-8-13(15)16)11-5-3-6-12(14)9-11/h3,5-7,9H,2,4,8H2,1H3,(H,15,16)/b10-7+. The number of carboxylic acids is 1. The van der Waals surface area contributed by atoms with E-state index in [0.29, 0.717) is 0 Å². The number of hydrogen-bond donors (Lipinski definition) is 1. The molecule has 0 radical (unpaired) electrons. The Bertz CT molecular complexity index is 397. The summed E-state index contributed by atoms with van der Waals surface area (Å²) < 4.78 is 1.02. The Hall–Kier alpha value is -1.09. The van der Waals surface area contributed by atoms with Crippen molar-refractivity contribution in [2.45, 2.75) is 26.2 Å². The van der Waals surface area contributed by atoms with Crippen molar-refractivity contribution in [1.82, 2.24) is 0 Å². The normalized spacial score (nSPS) is 11.5. The summed E-state index contributed by atoms with van der Waals surface area (Å²) >= 11 is 3.42. The molecule has 0 aliphatic carbocycles. The zero-order chi connectivity index (χ0) is 12.0. The number of allylic oxidation sites excluding steroid dienone is 1. The maximum Gasteiger partial charge on any atom is 0.307 e. The fraction of sp³-hybridized carbons (Fsp3) is 0.308. The molecule has 0 aliphatic rings. The second kappa shape index (κ2) is 6.48. The van der Waals surface area contributed by atoms with Crippen molar-refractivity contribution in [2.75, 3.05) is 0 Å². The quantitative estimate of drug-likeness (QED) is 0.883. The summed E-state index contributed by atoms with van der Waals surface area (Å²) in [6.07, 6.45) is 3.80. The minimum atomic E-state index is -0.788. The Morgan fingerprint density at radius 1 is 1.50 bits per heavy atom. The first-order valence-corrected chi connectivity index (χ1v) is 6.09. The van der Waals surface area contributed by atoms with Crippen molar-refractivity contribution in [2.24, 2.45) is 0 Å². The number of benzene rings is 1. The summed E-state index contributed by atoms with van der Waals surface area (Å²) in [6, 6.07) is 7.95. The van der Waals surface area contributed by atoms with Crippen LogP contribution in [0.1, 0.15) is 31.7 Å². The lowest BCUT2D eigenvalue weighted by molar-refractivity contribution is -0.135. The molecule has 1 rings (SSSR count). The van der Waals surface area contributed by atoms with Gasteiger partial charge >= 0.3 is 5.97 Å². The number of halogens is 1. The van der Waals surface area contributed by atoms with Gasteiger partial charge in [-0.05, 0) is 29.7 Å². The summed E-state index contributed by atoms with van der Waals surface area (Å²) in [7, 11) is 0. The van der Waals surface area contributed by atoms with Gasteiger partial charge in [0.05, 0.1) is 6.42 Å². The van der Waals surface area contributed by atoms with E-state index in [4.69, 9.17) is 5.11 Å². The molecule has 1 N–H and O–H groups in total. The molecule has 0 aliphatic heterocycles. The Kier molecular flexibility index (Phi) is 5.26. The lowest BCUT2D eigenvalue weighted by atomic mass is 10.0. The van der Waals surface area contributed by atoms with Crippen LogP contribution in [0.3, 0.4) is 0 Å².